The van der Waals surface area contributed by atoms with Crippen LogP contribution in [0.2, 0.25) is 0 Å². The van der Waals surface area contributed by atoms with Crippen LogP contribution in [0, 0.1) is 107 Å². The van der Waals surface area contributed by atoms with Crippen LogP contribution in [0.3, 0.4) is 0 Å². The Morgan fingerprint density at radius 1 is 0.750 bits per heavy atom. The van der Waals surface area contributed by atoms with Crippen molar-refractivity contribution < 1.29 is 0 Å². The van der Waals surface area contributed by atoms with Gasteiger partial charge in [0.05, 0.1) is 0 Å². The fourth-order valence-electron chi connectivity index (χ4n) is 2.01. The Morgan fingerprint density at radius 2 is 1.29 bits per heavy atom. The second-order valence-electron chi connectivity index (χ2n) is 5.37. The highest BCUT2D eigenvalue weighted by Crippen LogP contribution is 2.28. The van der Waals surface area contributed by atoms with Crippen LogP contribution in [0.1, 0.15) is 41.0 Å². The highest BCUT2D eigenvalue weighted by molar-refractivity contribution is 5.39. The fourth-order valence-corrected chi connectivity index (χ4v) is 2.01. The van der Waals surface area contributed by atoms with Crippen LogP contribution in [0.25, 0.3) is 0 Å². The highest BCUT2D eigenvalue weighted by atomic mass is 14.3. The van der Waals surface area contributed by atoms with E-state index in [-0.39, 0.29) is 11.8 Å². The largest absolute Gasteiger partial charge is 0.106 e. The third kappa shape index (κ3) is 9.04. The molecule has 4 atom stereocenters. The molecule has 118 valence electrons. The van der Waals surface area contributed by atoms with Gasteiger partial charge in [-0.05, 0) is 78.0 Å². The minimum absolute atomic E-state index is 0.177. The van der Waals surface area contributed by atoms with Crippen molar-refractivity contribution in [2.45, 2.75) is 41.0 Å². The lowest BCUT2D eigenvalue weighted by molar-refractivity contribution is 0.278. The summed E-state index contributed by atoms with van der Waals surface area (Å²) >= 11 is 0. The van der Waals surface area contributed by atoms with E-state index in [1.54, 1.807) is 6.92 Å². The Bertz CT molecular complexity index is 809. The minimum Gasteiger partial charge on any atom is -0.106 e. The molecular formula is C24H22. The number of terminal acetylenes is 1. The Kier molecular flexibility index (Phi) is 11.8. The summed E-state index contributed by atoms with van der Waals surface area (Å²) in [5.74, 6) is 36.8. The lowest BCUT2D eigenvalue weighted by Crippen LogP contribution is -2.22. The first-order chi connectivity index (χ1) is 11.6. The molecule has 0 rings (SSSR count). The normalized spacial score (nSPS) is 12.3. The maximum Gasteiger partial charge on any atom is 0.0275 e. The van der Waals surface area contributed by atoms with Gasteiger partial charge in [0.15, 0.2) is 0 Å². The molecule has 0 spiro atoms. The van der Waals surface area contributed by atoms with Gasteiger partial charge in [-0.15, -0.1) is 6.42 Å². The van der Waals surface area contributed by atoms with Crippen molar-refractivity contribution in [3.63, 3.8) is 0 Å². The molecule has 0 fully saturated rings. The minimum atomic E-state index is 0.177. The Labute approximate surface area is 148 Å². The van der Waals surface area contributed by atoms with Gasteiger partial charge in [0, 0.05) is 11.8 Å². The molecule has 0 aromatic rings. The van der Waals surface area contributed by atoms with Gasteiger partial charge >= 0.3 is 0 Å². The van der Waals surface area contributed by atoms with Crippen molar-refractivity contribution in [3.8, 4) is 83.4 Å². The van der Waals surface area contributed by atoms with E-state index >= 15 is 0 Å². The van der Waals surface area contributed by atoms with Crippen molar-refractivity contribution in [2.75, 3.05) is 0 Å². The lowest BCUT2D eigenvalue weighted by atomic mass is 9.77. The van der Waals surface area contributed by atoms with Gasteiger partial charge in [0.1, 0.15) is 0 Å². The predicted octanol–water partition coefficient (Wildman–Crippen LogP) is 3.59. The first-order valence-electron chi connectivity index (χ1n) is 7.96. The molecule has 0 heterocycles. The summed E-state index contributed by atoms with van der Waals surface area (Å²) < 4.78 is 0. The maximum atomic E-state index is 5.02. The van der Waals surface area contributed by atoms with Crippen LogP contribution in [0.15, 0.2) is 0 Å². The summed E-state index contributed by atoms with van der Waals surface area (Å²) in [5.41, 5.74) is 0. The van der Waals surface area contributed by atoms with Gasteiger partial charge in [-0.1, -0.05) is 51.9 Å². The lowest BCUT2D eigenvalue weighted by Gasteiger charge is -2.26. The quantitative estimate of drug-likeness (QED) is 0.696. The van der Waals surface area contributed by atoms with Gasteiger partial charge in [-0.2, -0.15) is 0 Å². The van der Waals surface area contributed by atoms with E-state index in [2.05, 4.69) is 105 Å². The van der Waals surface area contributed by atoms with Crippen LogP contribution in [-0.4, -0.2) is 0 Å². The van der Waals surface area contributed by atoms with Gasteiger partial charge in [0.25, 0.3) is 0 Å². The molecule has 0 aliphatic heterocycles. The molecule has 4 unspecified atom stereocenters. The van der Waals surface area contributed by atoms with Crippen LogP contribution >= 0.6 is 0 Å². The first kappa shape index (κ1) is 20.9. The zero-order valence-electron chi connectivity index (χ0n) is 15.1. The van der Waals surface area contributed by atoms with Gasteiger partial charge in [0.2, 0.25) is 0 Å². The molecule has 0 N–H and O–H groups in total. The zero-order chi connectivity index (χ0) is 18.2. The second kappa shape index (κ2) is 13.6. The second-order valence-corrected chi connectivity index (χ2v) is 5.37. The van der Waals surface area contributed by atoms with Crippen LogP contribution in [0.4, 0.5) is 0 Å². The van der Waals surface area contributed by atoms with Crippen LogP contribution in [0.5, 0.6) is 0 Å². The molecule has 0 saturated heterocycles. The molecular weight excluding hydrogens is 288 g/mol. The summed E-state index contributed by atoms with van der Waals surface area (Å²) in [6.07, 6.45) is 6.08. The third-order valence-corrected chi connectivity index (χ3v) is 3.79. The SMILES string of the molecule is C#CC#CC#CC#CC(C)C(C)C(C#CC#CC#CC)C(C)CC. The van der Waals surface area contributed by atoms with E-state index in [1.165, 1.54) is 0 Å². The molecule has 0 amide bonds. The summed E-state index contributed by atoms with van der Waals surface area (Å²) in [4.78, 5) is 0. The average Bonchev–Trinajstić information content (AvgIpc) is 2.59. The molecule has 0 heteroatoms. The molecule has 24 heavy (non-hydrogen) atoms. The standard InChI is InChI=1S/C24H22/c1-7-10-12-14-16-17-19-22(5)23(6)24(21(4)9-3)20-18-15-13-11-8-2/h1,21-24H,9H2,2-6H3. The van der Waals surface area contributed by atoms with E-state index < -0.39 is 0 Å². The topological polar surface area (TPSA) is 0 Å². The van der Waals surface area contributed by atoms with Gasteiger partial charge in [-0.3, -0.25) is 0 Å². The van der Waals surface area contributed by atoms with Gasteiger partial charge in [-0.25, -0.2) is 0 Å². The Balaban J connectivity index is 5.17. The number of rotatable bonds is 4. The summed E-state index contributed by atoms with van der Waals surface area (Å²) in [6, 6.07) is 0. The monoisotopic (exact) mass is 310 g/mol. The van der Waals surface area contributed by atoms with Crippen molar-refractivity contribution in [1.82, 2.24) is 0 Å². The average molecular weight is 310 g/mol. The summed E-state index contributed by atoms with van der Waals surface area (Å²) in [7, 11) is 0. The van der Waals surface area contributed by atoms with Crippen molar-refractivity contribution in [2.24, 2.45) is 23.7 Å². The zero-order valence-corrected chi connectivity index (χ0v) is 15.1. The predicted molar refractivity (Wildman–Crippen MR) is 102 cm³/mol. The highest BCUT2D eigenvalue weighted by Gasteiger charge is 2.24. The van der Waals surface area contributed by atoms with Crippen molar-refractivity contribution in [1.29, 1.82) is 0 Å². The molecule has 0 radical (unpaired) electrons. The number of hydrogen-bond acceptors (Lipinski definition) is 0. The van der Waals surface area contributed by atoms with Crippen molar-refractivity contribution in [3.05, 3.63) is 0 Å². The van der Waals surface area contributed by atoms with Crippen molar-refractivity contribution >= 4 is 0 Å². The van der Waals surface area contributed by atoms with E-state index in [9.17, 15) is 0 Å². The van der Waals surface area contributed by atoms with Crippen LogP contribution in [-0.2, 0) is 0 Å². The summed E-state index contributed by atoms with van der Waals surface area (Å²) in [6.45, 7) is 10.4. The number of hydrogen-bond donors (Lipinski definition) is 0. The van der Waals surface area contributed by atoms with E-state index in [0.29, 0.717) is 11.8 Å². The van der Waals surface area contributed by atoms with Crippen LogP contribution < -0.4 is 0 Å². The Hall–Kier alpha value is -3.08. The molecule has 0 saturated carbocycles. The molecule has 0 bridgehead atoms. The summed E-state index contributed by atoms with van der Waals surface area (Å²) in [5, 5.41) is 0. The van der Waals surface area contributed by atoms with E-state index in [1.807, 2.05) is 0 Å². The fraction of sp³-hybridized carbons (Fsp3) is 0.417. The molecule has 0 nitrogen and oxygen atoms in total. The molecule has 0 aromatic carbocycles. The maximum absolute atomic E-state index is 5.02. The molecule has 0 aliphatic rings. The first-order valence-corrected chi connectivity index (χ1v) is 7.96. The molecule has 0 aromatic heterocycles. The smallest absolute Gasteiger partial charge is 0.0275 e. The third-order valence-electron chi connectivity index (χ3n) is 3.79. The van der Waals surface area contributed by atoms with Gasteiger partial charge < -0.3 is 0 Å². The Morgan fingerprint density at radius 3 is 1.88 bits per heavy atom. The van der Waals surface area contributed by atoms with E-state index in [4.69, 9.17) is 6.42 Å². The van der Waals surface area contributed by atoms with E-state index in [0.717, 1.165) is 6.42 Å². The molecule has 0 aliphatic carbocycles.